The van der Waals surface area contributed by atoms with Gasteiger partial charge >= 0.3 is 0 Å². The van der Waals surface area contributed by atoms with Crippen LogP contribution >= 0.6 is 0 Å². The summed E-state index contributed by atoms with van der Waals surface area (Å²) in [6.07, 6.45) is 10.8. The minimum Gasteiger partial charge on any atom is -0.366 e. The molecule has 0 spiro atoms. The normalized spacial score (nSPS) is 18.3. The van der Waals surface area contributed by atoms with Gasteiger partial charge in [-0.1, -0.05) is 20.3 Å². The zero-order valence-corrected chi connectivity index (χ0v) is 17.0. The molecule has 7 heteroatoms. The van der Waals surface area contributed by atoms with Crippen molar-refractivity contribution in [3.63, 3.8) is 0 Å². The number of hydrogen-bond donors (Lipinski definition) is 3. The van der Waals surface area contributed by atoms with E-state index in [0.717, 1.165) is 30.3 Å². The lowest BCUT2D eigenvalue weighted by atomic mass is 9.75. The monoisotopic (exact) mass is 389 g/mol. The van der Waals surface area contributed by atoms with Crippen molar-refractivity contribution in [2.45, 2.75) is 52.0 Å². The van der Waals surface area contributed by atoms with Gasteiger partial charge in [0.25, 0.3) is 0 Å². The minimum absolute atomic E-state index is 0.324. The molecule has 0 radical (unpaired) electrons. The third-order valence-electron chi connectivity index (χ3n) is 5.67. The van der Waals surface area contributed by atoms with E-state index in [2.05, 4.69) is 56.6 Å². The molecule has 7 nitrogen and oxygen atoms in total. The van der Waals surface area contributed by atoms with Crippen molar-refractivity contribution in [1.29, 1.82) is 5.26 Å². The highest BCUT2D eigenvalue weighted by Crippen LogP contribution is 2.36. The van der Waals surface area contributed by atoms with Gasteiger partial charge in [-0.2, -0.15) is 10.2 Å². The van der Waals surface area contributed by atoms with Crippen molar-refractivity contribution in [2.24, 2.45) is 5.41 Å². The van der Waals surface area contributed by atoms with Crippen LogP contribution in [0.15, 0.2) is 30.7 Å². The van der Waals surface area contributed by atoms with Crippen LogP contribution in [0.1, 0.15) is 50.7 Å². The van der Waals surface area contributed by atoms with E-state index in [1.54, 1.807) is 12.4 Å². The van der Waals surface area contributed by atoms with Crippen LogP contribution < -0.4 is 10.6 Å². The fourth-order valence-electron chi connectivity index (χ4n) is 4.20. The second-order valence-electron chi connectivity index (χ2n) is 8.56. The van der Waals surface area contributed by atoms with E-state index in [1.165, 1.54) is 18.4 Å². The van der Waals surface area contributed by atoms with Gasteiger partial charge in [0.05, 0.1) is 6.20 Å². The van der Waals surface area contributed by atoms with E-state index < -0.39 is 0 Å². The second kappa shape index (κ2) is 8.08. The molecule has 3 N–H and O–H groups in total. The highest BCUT2D eigenvalue weighted by Gasteiger charge is 2.28. The zero-order chi connectivity index (χ0) is 20.3. The Morgan fingerprint density at radius 3 is 3.07 bits per heavy atom. The van der Waals surface area contributed by atoms with Crippen LogP contribution in [-0.2, 0) is 6.42 Å². The Morgan fingerprint density at radius 2 is 2.24 bits per heavy atom. The molecule has 0 aromatic carbocycles. The summed E-state index contributed by atoms with van der Waals surface area (Å²) in [6.45, 7) is 5.31. The maximum absolute atomic E-state index is 9.44. The standard InChI is InChI=1S/C22H27N7/c1-22(2)8-3-5-17(11-22)28-19-16(12-23)14-27-21(29-19)25-10-7-15-13-26-20-18(15)6-4-9-24-20/h4,6,9,13-14,17H,3,5,7-8,10-11H2,1-2H3,(H,24,26)(H2,25,27,28,29)/t17-/m1/s1. The Morgan fingerprint density at radius 1 is 1.34 bits per heavy atom. The van der Waals surface area contributed by atoms with Gasteiger partial charge in [0, 0.05) is 30.4 Å². The van der Waals surface area contributed by atoms with E-state index in [4.69, 9.17) is 0 Å². The van der Waals surface area contributed by atoms with Crippen molar-refractivity contribution in [3.8, 4) is 6.07 Å². The summed E-state index contributed by atoms with van der Waals surface area (Å²) in [6, 6.07) is 6.56. The number of anilines is 2. The summed E-state index contributed by atoms with van der Waals surface area (Å²) < 4.78 is 0. The first-order valence-electron chi connectivity index (χ1n) is 10.2. The number of fused-ring (bicyclic) bond motifs is 1. The van der Waals surface area contributed by atoms with Crippen LogP contribution in [0.25, 0.3) is 11.0 Å². The molecule has 29 heavy (non-hydrogen) atoms. The van der Waals surface area contributed by atoms with Crippen molar-refractivity contribution in [2.75, 3.05) is 17.2 Å². The lowest BCUT2D eigenvalue weighted by Crippen LogP contribution is -2.32. The first-order chi connectivity index (χ1) is 14.0. The molecule has 0 saturated heterocycles. The smallest absolute Gasteiger partial charge is 0.224 e. The summed E-state index contributed by atoms with van der Waals surface area (Å²) in [7, 11) is 0. The first kappa shape index (κ1) is 19.2. The quantitative estimate of drug-likeness (QED) is 0.582. The molecule has 0 unspecified atom stereocenters. The van der Waals surface area contributed by atoms with Crippen LogP contribution in [0.5, 0.6) is 0 Å². The number of nitrogens with one attached hydrogen (secondary N) is 3. The van der Waals surface area contributed by atoms with Crippen molar-refractivity contribution >= 4 is 22.8 Å². The van der Waals surface area contributed by atoms with Crippen LogP contribution in [0.2, 0.25) is 0 Å². The van der Waals surface area contributed by atoms with E-state index in [1.807, 2.05) is 12.3 Å². The Hall–Kier alpha value is -3.14. The number of aromatic nitrogens is 4. The van der Waals surface area contributed by atoms with E-state index in [-0.39, 0.29) is 0 Å². The third-order valence-corrected chi connectivity index (χ3v) is 5.67. The summed E-state index contributed by atoms with van der Waals surface area (Å²) in [5.41, 5.74) is 2.92. The Balaban J connectivity index is 1.42. The highest BCUT2D eigenvalue weighted by molar-refractivity contribution is 5.79. The van der Waals surface area contributed by atoms with Crippen LogP contribution in [0, 0.1) is 16.7 Å². The molecule has 1 atom stereocenters. The molecule has 3 aromatic rings. The summed E-state index contributed by atoms with van der Waals surface area (Å²) in [4.78, 5) is 16.4. The Kier molecular flexibility index (Phi) is 5.34. The molecule has 1 saturated carbocycles. The molecule has 1 aliphatic carbocycles. The van der Waals surface area contributed by atoms with Gasteiger partial charge in [0.15, 0.2) is 0 Å². The largest absolute Gasteiger partial charge is 0.366 e. The molecule has 150 valence electrons. The molecule has 3 aromatic heterocycles. The molecular weight excluding hydrogens is 362 g/mol. The van der Waals surface area contributed by atoms with Gasteiger partial charge in [-0.05, 0) is 48.8 Å². The number of H-pyrrole nitrogens is 1. The molecular formula is C22H27N7. The summed E-state index contributed by atoms with van der Waals surface area (Å²) >= 11 is 0. The predicted molar refractivity (Wildman–Crippen MR) is 115 cm³/mol. The fraction of sp³-hybridized carbons (Fsp3) is 0.455. The van der Waals surface area contributed by atoms with Gasteiger partial charge in [0.2, 0.25) is 5.95 Å². The SMILES string of the molecule is CC1(C)CCC[C@@H](Nc2nc(NCCc3c[nH]c4ncccc34)ncc2C#N)C1. The molecule has 0 amide bonds. The Bertz CT molecular complexity index is 1030. The van der Waals surface area contributed by atoms with Crippen LogP contribution in [0.3, 0.4) is 0 Å². The number of rotatable bonds is 6. The molecule has 4 rings (SSSR count). The fourth-order valence-corrected chi connectivity index (χ4v) is 4.20. The first-order valence-corrected chi connectivity index (χ1v) is 10.2. The zero-order valence-electron chi connectivity index (χ0n) is 17.0. The average Bonchev–Trinajstić information content (AvgIpc) is 3.11. The topological polar surface area (TPSA) is 102 Å². The van der Waals surface area contributed by atoms with E-state index in [9.17, 15) is 5.26 Å². The highest BCUT2D eigenvalue weighted by atomic mass is 15.1. The van der Waals surface area contributed by atoms with Gasteiger partial charge in [0.1, 0.15) is 23.1 Å². The van der Waals surface area contributed by atoms with Crippen molar-refractivity contribution in [3.05, 3.63) is 41.9 Å². The van der Waals surface area contributed by atoms with Crippen molar-refractivity contribution < 1.29 is 0 Å². The van der Waals surface area contributed by atoms with Crippen LogP contribution in [0.4, 0.5) is 11.8 Å². The molecule has 1 aliphatic rings. The number of nitrogens with zero attached hydrogens (tertiary/aromatic N) is 4. The summed E-state index contributed by atoms with van der Waals surface area (Å²) in [5, 5.41) is 17.4. The number of hydrogen-bond acceptors (Lipinski definition) is 6. The molecule has 3 heterocycles. The second-order valence-corrected chi connectivity index (χ2v) is 8.56. The number of aromatic amines is 1. The molecule has 0 bridgehead atoms. The lowest BCUT2D eigenvalue weighted by Gasteiger charge is -2.35. The average molecular weight is 390 g/mol. The lowest BCUT2D eigenvalue weighted by molar-refractivity contribution is 0.229. The molecule has 0 aliphatic heterocycles. The van der Waals surface area contributed by atoms with Crippen molar-refractivity contribution in [1.82, 2.24) is 19.9 Å². The Labute approximate surface area is 171 Å². The summed E-state index contributed by atoms with van der Waals surface area (Å²) in [5.74, 6) is 1.17. The molecule has 1 fully saturated rings. The van der Waals surface area contributed by atoms with Gasteiger partial charge < -0.3 is 15.6 Å². The van der Waals surface area contributed by atoms with Gasteiger partial charge in [-0.25, -0.2) is 9.97 Å². The predicted octanol–water partition coefficient (Wildman–Crippen LogP) is 4.26. The van der Waals surface area contributed by atoms with E-state index >= 15 is 0 Å². The van der Waals surface area contributed by atoms with Gasteiger partial charge in [-0.15, -0.1) is 0 Å². The third kappa shape index (κ3) is 4.48. The number of nitriles is 1. The van der Waals surface area contributed by atoms with Crippen LogP contribution in [-0.4, -0.2) is 32.5 Å². The number of pyridine rings is 1. The minimum atomic E-state index is 0.324. The maximum atomic E-state index is 9.44. The maximum Gasteiger partial charge on any atom is 0.224 e. The van der Waals surface area contributed by atoms with Gasteiger partial charge in [-0.3, -0.25) is 0 Å². The van der Waals surface area contributed by atoms with E-state index in [0.29, 0.717) is 35.3 Å².